The van der Waals surface area contributed by atoms with Crippen molar-refractivity contribution in [3.8, 4) is 11.3 Å². The summed E-state index contributed by atoms with van der Waals surface area (Å²) in [5, 5.41) is 2.13. The Bertz CT molecular complexity index is 1410. The zero-order chi connectivity index (χ0) is 20.1. The summed E-state index contributed by atoms with van der Waals surface area (Å²) in [5.74, 6) is 0.873. The van der Waals surface area contributed by atoms with Crippen molar-refractivity contribution in [2.75, 3.05) is 36.9 Å². The minimum absolute atomic E-state index is 0.186. The summed E-state index contributed by atoms with van der Waals surface area (Å²) >= 11 is 0. The normalized spacial score (nSPS) is 14.7. The summed E-state index contributed by atoms with van der Waals surface area (Å²) in [7, 11) is 0. The van der Waals surface area contributed by atoms with E-state index in [1.54, 1.807) is 6.20 Å². The van der Waals surface area contributed by atoms with Gasteiger partial charge in [-0.1, -0.05) is 30.3 Å². The van der Waals surface area contributed by atoms with E-state index >= 15 is 0 Å². The van der Waals surface area contributed by atoms with E-state index in [2.05, 4.69) is 32.0 Å². The summed E-state index contributed by atoms with van der Waals surface area (Å²) in [4.78, 5) is 20.3. The molecule has 0 unspecified atom stereocenters. The first-order valence-electron chi connectivity index (χ1n) is 9.81. The number of aromatic nitrogens is 4. The SMILES string of the molecule is Nc1nc(N2CCOCC2)c2nc(-c3cccc4c3oc3ccccc34)cnc2n1. The third-order valence-corrected chi connectivity index (χ3v) is 5.40. The van der Waals surface area contributed by atoms with Crippen LogP contribution in [0.3, 0.4) is 0 Å². The first-order chi connectivity index (χ1) is 14.8. The maximum Gasteiger partial charge on any atom is 0.224 e. The van der Waals surface area contributed by atoms with Crippen LogP contribution in [0.2, 0.25) is 0 Å². The average Bonchev–Trinajstić information content (AvgIpc) is 3.18. The fourth-order valence-electron chi connectivity index (χ4n) is 3.98. The predicted molar refractivity (Wildman–Crippen MR) is 115 cm³/mol. The minimum Gasteiger partial charge on any atom is -0.455 e. The topological polar surface area (TPSA) is 103 Å². The van der Waals surface area contributed by atoms with Crippen molar-refractivity contribution < 1.29 is 9.15 Å². The maximum absolute atomic E-state index is 6.17. The number of hydrogen-bond acceptors (Lipinski definition) is 8. The second kappa shape index (κ2) is 6.64. The van der Waals surface area contributed by atoms with Crippen molar-refractivity contribution in [3.05, 3.63) is 48.7 Å². The van der Waals surface area contributed by atoms with Crippen molar-refractivity contribution >= 4 is 44.9 Å². The van der Waals surface area contributed by atoms with Gasteiger partial charge in [-0.15, -0.1) is 0 Å². The highest BCUT2D eigenvalue weighted by atomic mass is 16.5. The Balaban J connectivity index is 1.57. The maximum atomic E-state index is 6.17. The van der Waals surface area contributed by atoms with Gasteiger partial charge in [-0.3, -0.25) is 0 Å². The van der Waals surface area contributed by atoms with Crippen molar-refractivity contribution in [2.24, 2.45) is 0 Å². The number of benzene rings is 2. The second-order valence-electron chi connectivity index (χ2n) is 7.21. The Morgan fingerprint density at radius 3 is 2.63 bits per heavy atom. The lowest BCUT2D eigenvalue weighted by Gasteiger charge is -2.28. The van der Waals surface area contributed by atoms with E-state index in [1.165, 1.54) is 0 Å². The van der Waals surface area contributed by atoms with Crippen LogP contribution in [-0.2, 0) is 4.74 Å². The molecule has 0 atom stereocenters. The van der Waals surface area contributed by atoms with Crippen LogP contribution in [0.4, 0.5) is 11.8 Å². The number of para-hydroxylation sites is 2. The quantitative estimate of drug-likeness (QED) is 0.483. The molecule has 1 saturated heterocycles. The van der Waals surface area contributed by atoms with Gasteiger partial charge < -0.3 is 19.8 Å². The molecule has 1 aliphatic rings. The van der Waals surface area contributed by atoms with E-state index in [0.29, 0.717) is 35.9 Å². The molecular formula is C22H18N6O2. The number of furan rings is 1. The molecule has 0 spiro atoms. The molecule has 1 fully saturated rings. The van der Waals surface area contributed by atoms with Gasteiger partial charge in [0, 0.05) is 29.4 Å². The van der Waals surface area contributed by atoms with Crippen LogP contribution in [0.1, 0.15) is 0 Å². The summed E-state index contributed by atoms with van der Waals surface area (Å²) in [6, 6.07) is 14.1. The number of morpholine rings is 1. The van der Waals surface area contributed by atoms with Crippen LogP contribution in [0.15, 0.2) is 53.1 Å². The molecule has 30 heavy (non-hydrogen) atoms. The number of nitrogens with zero attached hydrogens (tertiary/aromatic N) is 5. The first kappa shape index (κ1) is 17.1. The molecule has 0 bridgehead atoms. The fraction of sp³-hybridized carbons (Fsp3) is 0.182. The van der Waals surface area contributed by atoms with Gasteiger partial charge in [0.25, 0.3) is 0 Å². The lowest BCUT2D eigenvalue weighted by Crippen LogP contribution is -2.37. The Morgan fingerprint density at radius 2 is 1.73 bits per heavy atom. The van der Waals surface area contributed by atoms with E-state index in [-0.39, 0.29) is 5.95 Å². The Hall–Kier alpha value is -3.78. The lowest BCUT2D eigenvalue weighted by atomic mass is 10.1. The van der Waals surface area contributed by atoms with Crippen molar-refractivity contribution in [1.82, 2.24) is 19.9 Å². The molecule has 0 radical (unpaired) electrons. The molecule has 2 N–H and O–H groups in total. The largest absolute Gasteiger partial charge is 0.455 e. The van der Waals surface area contributed by atoms with Crippen LogP contribution in [-0.4, -0.2) is 46.2 Å². The van der Waals surface area contributed by atoms with Gasteiger partial charge in [0.15, 0.2) is 17.0 Å². The molecule has 4 heterocycles. The zero-order valence-corrected chi connectivity index (χ0v) is 16.1. The van der Waals surface area contributed by atoms with E-state index < -0.39 is 0 Å². The van der Waals surface area contributed by atoms with Crippen LogP contribution >= 0.6 is 0 Å². The molecule has 0 saturated carbocycles. The molecular weight excluding hydrogens is 380 g/mol. The molecule has 0 aliphatic carbocycles. The standard InChI is InChI=1S/C22H18N6O2/c23-22-26-20-18(21(27-22)28-8-10-29-11-9-28)25-16(12-24-20)15-6-3-5-14-13-4-1-2-7-17(13)30-19(14)15/h1-7,12H,8-11H2,(H2,23,24,26,27). The Morgan fingerprint density at radius 1 is 0.900 bits per heavy atom. The monoisotopic (exact) mass is 398 g/mol. The smallest absolute Gasteiger partial charge is 0.224 e. The third kappa shape index (κ3) is 2.65. The van der Waals surface area contributed by atoms with E-state index in [1.807, 2.05) is 30.3 Å². The second-order valence-corrected chi connectivity index (χ2v) is 7.21. The minimum atomic E-state index is 0.186. The van der Waals surface area contributed by atoms with Gasteiger partial charge in [-0.25, -0.2) is 9.97 Å². The number of ether oxygens (including phenoxy) is 1. The number of hydrogen-bond donors (Lipinski definition) is 1. The molecule has 8 heteroatoms. The van der Waals surface area contributed by atoms with Crippen LogP contribution in [0.25, 0.3) is 44.4 Å². The molecule has 0 amide bonds. The van der Waals surface area contributed by atoms with E-state index in [4.69, 9.17) is 19.9 Å². The highest BCUT2D eigenvalue weighted by Gasteiger charge is 2.20. The highest BCUT2D eigenvalue weighted by Crippen LogP contribution is 2.35. The van der Waals surface area contributed by atoms with Gasteiger partial charge in [0.2, 0.25) is 5.95 Å². The molecule has 6 rings (SSSR count). The average molecular weight is 398 g/mol. The van der Waals surface area contributed by atoms with Crippen LogP contribution in [0, 0.1) is 0 Å². The van der Waals surface area contributed by atoms with Gasteiger partial charge in [-0.2, -0.15) is 9.97 Å². The van der Waals surface area contributed by atoms with Crippen molar-refractivity contribution in [1.29, 1.82) is 0 Å². The summed E-state index contributed by atoms with van der Waals surface area (Å²) in [6.45, 7) is 2.71. The van der Waals surface area contributed by atoms with Crippen molar-refractivity contribution in [2.45, 2.75) is 0 Å². The Kier molecular flexibility index (Phi) is 3.78. The highest BCUT2D eigenvalue weighted by molar-refractivity contribution is 6.09. The van der Waals surface area contributed by atoms with E-state index in [9.17, 15) is 0 Å². The van der Waals surface area contributed by atoms with E-state index in [0.717, 1.165) is 40.6 Å². The van der Waals surface area contributed by atoms with Crippen LogP contribution < -0.4 is 10.6 Å². The Labute approximate surface area is 171 Å². The van der Waals surface area contributed by atoms with Gasteiger partial charge in [0.05, 0.1) is 25.1 Å². The number of nitrogens with two attached hydrogens (primary N) is 1. The molecule has 1 aliphatic heterocycles. The third-order valence-electron chi connectivity index (χ3n) is 5.40. The number of anilines is 2. The summed E-state index contributed by atoms with van der Waals surface area (Å²) in [6.07, 6.45) is 1.71. The molecule has 8 nitrogen and oxygen atoms in total. The number of nitrogen functional groups attached to an aromatic ring is 1. The number of rotatable bonds is 2. The van der Waals surface area contributed by atoms with Crippen LogP contribution in [0.5, 0.6) is 0 Å². The summed E-state index contributed by atoms with van der Waals surface area (Å²) < 4.78 is 11.6. The molecule has 2 aromatic carbocycles. The van der Waals surface area contributed by atoms with Crippen molar-refractivity contribution in [3.63, 3.8) is 0 Å². The molecule has 3 aromatic heterocycles. The summed E-state index contributed by atoms with van der Waals surface area (Å²) in [5.41, 5.74) is 10.2. The van der Waals surface area contributed by atoms with Gasteiger partial charge in [-0.05, 0) is 12.1 Å². The predicted octanol–water partition coefficient (Wildman–Crippen LogP) is 3.41. The zero-order valence-electron chi connectivity index (χ0n) is 16.1. The fourth-order valence-corrected chi connectivity index (χ4v) is 3.98. The van der Waals surface area contributed by atoms with Gasteiger partial charge >= 0.3 is 0 Å². The molecule has 148 valence electrons. The lowest BCUT2D eigenvalue weighted by molar-refractivity contribution is 0.122. The first-order valence-corrected chi connectivity index (χ1v) is 9.81. The van der Waals surface area contributed by atoms with Gasteiger partial charge in [0.1, 0.15) is 11.2 Å². The molecule has 5 aromatic rings. The number of fused-ring (bicyclic) bond motifs is 4.